The van der Waals surface area contributed by atoms with E-state index in [2.05, 4.69) is 55.7 Å². The number of benzene rings is 1. The molecule has 1 aliphatic rings. The fraction of sp³-hybridized carbons (Fsp3) is 0.444. The Hall–Kier alpha value is -1.54. The Balaban J connectivity index is 2.21. The summed E-state index contributed by atoms with van der Waals surface area (Å²) in [7, 11) is 0. The van der Waals surface area contributed by atoms with Crippen molar-refractivity contribution in [2.75, 3.05) is 0 Å². The van der Waals surface area contributed by atoms with E-state index in [1.807, 2.05) is 0 Å². The van der Waals surface area contributed by atoms with Crippen molar-refractivity contribution in [2.24, 2.45) is 0 Å². The van der Waals surface area contributed by atoms with E-state index in [1.54, 1.807) is 0 Å². The highest BCUT2D eigenvalue weighted by molar-refractivity contribution is 5.49. The van der Waals surface area contributed by atoms with Crippen LogP contribution in [0.1, 0.15) is 61.2 Å². The zero-order valence-corrected chi connectivity index (χ0v) is 12.6. The Bertz CT molecular complexity index is 624. The molecule has 1 heterocycles. The summed E-state index contributed by atoms with van der Waals surface area (Å²) in [5.41, 5.74) is 6.30. The van der Waals surface area contributed by atoms with Gasteiger partial charge in [0, 0.05) is 22.6 Å². The summed E-state index contributed by atoms with van der Waals surface area (Å²) in [6, 6.07) is 10.8. The van der Waals surface area contributed by atoms with Crippen molar-refractivity contribution in [1.29, 1.82) is 0 Å². The molecule has 0 bridgehead atoms. The normalized spacial score (nSPS) is 18.4. The number of aliphatic hydroxyl groups is 1. The molecule has 1 aliphatic carbocycles. The van der Waals surface area contributed by atoms with E-state index in [4.69, 9.17) is 0 Å². The standard InChI is InChI=1S/C18H23NO/c1-12(2)14-7-4-5-8-16(14)19-13(3)11-15-17(19)9-6-10-18(15)20/h4-5,7-8,11-12,18,20H,6,9-10H2,1-3H3. The van der Waals surface area contributed by atoms with E-state index in [-0.39, 0.29) is 6.10 Å². The molecule has 0 spiro atoms. The van der Waals surface area contributed by atoms with Crippen LogP contribution in [0, 0.1) is 6.92 Å². The molecule has 1 aromatic carbocycles. The number of aryl methyl sites for hydroxylation is 1. The molecule has 2 aromatic rings. The first-order valence-corrected chi connectivity index (χ1v) is 7.58. The van der Waals surface area contributed by atoms with Gasteiger partial charge in [-0.2, -0.15) is 0 Å². The first-order valence-electron chi connectivity index (χ1n) is 7.58. The van der Waals surface area contributed by atoms with Crippen LogP contribution in [0.15, 0.2) is 30.3 Å². The van der Waals surface area contributed by atoms with Crippen LogP contribution in [0.2, 0.25) is 0 Å². The van der Waals surface area contributed by atoms with Gasteiger partial charge in [0.1, 0.15) is 0 Å². The molecule has 20 heavy (non-hydrogen) atoms. The number of nitrogens with zero attached hydrogens (tertiary/aromatic N) is 1. The molecular formula is C18H23NO. The second-order valence-corrected chi connectivity index (χ2v) is 6.14. The lowest BCUT2D eigenvalue weighted by Crippen LogP contribution is -2.12. The minimum absolute atomic E-state index is 0.287. The van der Waals surface area contributed by atoms with Crippen molar-refractivity contribution < 1.29 is 5.11 Å². The Morgan fingerprint density at radius 2 is 2.00 bits per heavy atom. The lowest BCUT2D eigenvalue weighted by molar-refractivity contribution is 0.156. The van der Waals surface area contributed by atoms with Crippen LogP contribution in [-0.4, -0.2) is 9.67 Å². The fourth-order valence-corrected chi connectivity index (χ4v) is 3.39. The molecule has 1 aromatic heterocycles. The summed E-state index contributed by atoms with van der Waals surface area (Å²) in [6.07, 6.45) is 2.74. The molecule has 1 unspecified atom stereocenters. The van der Waals surface area contributed by atoms with Crippen molar-refractivity contribution in [3.63, 3.8) is 0 Å². The van der Waals surface area contributed by atoms with Crippen LogP contribution in [0.4, 0.5) is 0 Å². The monoisotopic (exact) mass is 269 g/mol. The number of hydrogen-bond donors (Lipinski definition) is 1. The third kappa shape index (κ3) is 2.08. The molecule has 0 aliphatic heterocycles. The largest absolute Gasteiger partial charge is 0.388 e. The zero-order valence-electron chi connectivity index (χ0n) is 12.6. The summed E-state index contributed by atoms with van der Waals surface area (Å²) >= 11 is 0. The molecule has 0 amide bonds. The Morgan fingerprint density at radius 3 is 2.75 bits per heavy atom. The summed E-state index contributed by atoms with van der Waals surface area (Å²) in [5.74, 6) is 0.497. The van der Waals surface area contributed by atoms with Gasteiger partial charge < -0.3 is 9.67 Å². The van der Waals surface area contributed by atoms with Crippen molar-refractivity contribution in [3.05, 3.63) is 52.8 Å². The zero-order chi connectivity index (χ0) is 14.3. The highest BCUT2D eigenvalue weighted by atomic mass is 16.3. The maximum atomic E-state index is 10.2. The molecule has 0 saturated carbocycles. The predicted octanol–water partition coefficient (Wildman–Crippen LogP) is 4.28. The van der Waals surface area contributed by atoms with Gasteiger partial charge in [-0.25, -0.2) is 0 Å². The van der Waals surface area contributed by atoms with E-state index in [0.29, 0.717) is 5.92 Å². The number of fused-ring (bicyclic) bond motifs is 1. The molecule has 0 radical (unpaired) electrons. The van der Waals surface area contributed by atoms with E-state index < -0.39 is 0 Å². The number of para-hydroxylation sites is 1. The van der Waals surface area contributed by atoms with Gasteiger partial charge in [0.25, 0.3) is 0 Å². The molecular weight excluding hydrogens is 246 g/mol. The molecule has 1 N–H and O–H groups in total. The average Bonchev–Trinajstić information content (AvgIpc) is 2.76. The smallest absolute Gasteiger partial charge is 0.0807 e. The number of rotatable bonds is 2. The van der Waals surface area contributed by atoms with Crippen molar-refractivity contribution in [1.82, 2.24) is 4.57 Å². The lowest BCUT2D eigenvalue weighted by atomic mass is 9.94. The Kier molecular flexibility index (Phi) is 3.43. The maximum Gasteiger partial charge on any atom is 0.0807 e. The minimum atomic E-state index is -0.287. The van der Waals surface area contributed by atoms with Crippen LogP contribution in [0.5, 0.6) is 0 Å². The van der Waals surface area contributed by atoms with Gasteiger partial charge in [-0.1, -0.05) is 32.0 Å². The first-order chi connectivity index (χ1) is 9.59. The number of hydrogen-bond acceptors (Lipinski definition) is 1. The quantitative estimate of drug-likeness (QED) is 0.865. The first kappa shape index (κ1) is 13.4. The summed E-state index contributed by atoms with van der Waals surface area (Å²) in [6.45, 7) is 6.61. The van der Waals surface area contributed by atoms with E-state index in [1.165, 1.54) is 22.6 Å². The molecule has 2 heteroatoms. The Morgan fingerprint density at radius 1 is 1.25 bits per heavy atom. The predicted molar refractivity (Wildman–Crippen MR) is 82.5 cm³/mol. The van der Waals surface area contributed by atoms with E-state index in [9.17, 15) is 5.11 Å². The van der Waals surface area contributed by atoms with Crippen LogP contribution in [0.25, 0.3) is 5.69 Å². The highest BCUT2D eigenvalue weighted by Crippen LogP contribution is 2.35. The van der Waals surface area contributed by atoms with Crippen LogP contribution in [-0.2, 0) is 6.42 Å². The molecule has 106 valence electrons. The van der Waals surface area contributed by atoms with Crippen molar-refractivity contribution >= 4 is 0 Å². The molecule has 3 rings (SSSR count). The average molecular weight is 269 g/mol. The molecule has 2 nitrogen and oxygen atoms in total. The highest BCUT2D eigenvalue weighted by Gasteiger charge is 2.24. The molecule has 0 saturated heterocycles. The maximum absolute atomic E-state index is 10.2. The molecule has 0 fully saturated rings. The van der Waals surface area contributed by atoms with Crippen LogP contribution >= 0.6 is 0 Å². The van der Waals surface area contributed by atoms with Crippen LogP contribution in [0.3, 0.4) is 0 Å². The third-order valence-corrected chi connectivity index (χ3v) is 4.37. The van der Waals surface area contributed by atoms with Gasteiger partial charge in [-0.15, -0.1) is 0 Å². The third-order valence-electron chi connectivity index (χ3n) is 4.37. The summed E-state index contributed by atoms with van der Waals surface area (Å²) < 4.78 is 2.35. The molecule has 1 atom stereocenters. The van der Waals surface area contributed by atoms with Gasteiger partial charge in [0.15, 0.2) is 0 Å². The van der Waals surface area contributed by atoms with Gasteiger partial charge >= 0.3 is 0 Å². The van der Waals surface area contributed by atoms with E-state index >= 15 is 0 Å². The second kappa shape index (κ2) is 5.10. The minimum Gasteiger partial charge on any atom is -0.388 e. The van der Waals surface area contributed by atoms with Crippen molar-refractivity contribution in [3.8, 4) is 5.69 Å². The van der Waals surface area contributed by atoms with Gasteiger partial charge in [0.2, 0.25) is 0 Å². The lowest BCUT2D eigenvalue weighted by Gasteiger charge is -2.22. The topological polar surface area (TPSA) is 25.2 Å². The van der Waals surface area contributed by atoms with Gasteiger partial charge in [0.05, 0.1) is 6.10 Å². The summed E-state index contributed by atoms with van der Waals surface area (Å²) in [4.78, 5) is 0. The van der Waals surface area contributed by atoms with Crippen LogP contribution < -0.4 is 0 Å². The fourth-order valence-electron chi connectivity index (χ4n) is 3.39. The number of aromatic nitrogens is 1. The Labute approximate surface area is 121 Å². The van der Waals surface area contributed by atoms with Crippen molar-refractivity contribution in [2.45, 2.75) is 52.1 Å². The SMILES string of the molecule is Cc1cc2c(n1-c1ccccc1C(C)C)CCCC2O. The van der Waals surface area contributed by atoms with Gasteiger partial charge in [-0.3, -0.25) is 0 Å². The van der Waals surface area contributed by atoms with Gasteiger partial charge in [-0.05, 0) is 49.8 Å². The second-order valence-electron chi connectivity index (χ2n) is 6.14. The number of aliphatic hydroxyl groups excluding tert-OH is 1. The van der Waals surface area contributed by atoms with E-state index in [0.717, 1.165) is 24.8 Å². The summed E-state index contributed by atoms with van der Waals surface area (Å²) in [5, 5.41) is 10.2.